The van der Waals surface area contributed by atoms with Crippen molar-refractivity contribution in [2.24, 2.45) is 0 Å². The number of furan rings is 1. The van der Waals surface area contributed by atoms with Crippen LogP contribution in [0.15, 0.2) is 58.3 Å². The molecular weight excluding hydrogens is 448 g/mol. The molecule has 0 bridgehead atoms. The van der Waals surface area contributed by atoms with E-state index in [1.54, 1.807) is 13.2 Å². The maximum Gasteiger partial charge on any atom is 0.337 e. The summed E-state index contributed by atoms with van der Waals surface area (Å²) >= 11 is 0. The second kappa shape index (κ2) is 11.2. The van der Waals surface area contributed by atoms with Gasteiger partial charge in [0.1, 0.15) is 5.76 Å². The van der Waals surface area contributed by atoms with Gasteiger partial charge < -0.3 is 25.1 Å². The maximum atomic E-state index is 12.8. The van der Waals surface area contributed by atoms with Gasteiger partial charge in [-0.2, -0.15) is 0 Å². The summed E-state index contributed by atoms with van der Waals surface area (Å²) in [5.74, 6) is 0.264. The van der Waals surface area contributed by atoms with Gasteiger partial charge in [0.05, 0.1) is 31.0 Å². The molecule has 186 valence electrons. The first-order chi connectivity index (χ1) is 17.0. The molecule has 9 heteroatoms. The summed E-state index contributed by atoms with van der Waals surface area (Å²) in [7, 11) is 0. The van der Waals surface area contributed by atoms with Crippen LogP contribution in [0.1, 0.15) is 54.8 Å². The smallest absolute Gasteiger partial charge is 0.337 e. The number of esters is 1. The lowest BCUT2D eigenvalue weighted by molar-refractivity contribution is -0.139. The molecule has 2 aromatic rings. The van der Waals surface area contributed by atoms with Crippen LogP contribution in [-0.4, -0.2) is 48.0 Å². The first-order valence-corrected chi connectivity index (χ1v) is 12.1. The Morgan fingerprint density at radius 2 is 1.89 bits per heavy atom. The standard InChI is InChI=1S/C26H32N4O5/c1-3-21-23(25(32)34-4-2)22(29-26(33)28-21)16-30(15-20-6-5-13-35-20)14-17-7-9-18(10-8-17)24(31)27-19-11-12-19/h5-10,13,19,21H,3-4,11-12,14-16H2,1-2H3,(H,27,31)(H2,28,29,33). The van der Waals surface area contributed by atoms with E-state index in [1.165, 1.54) is 0 Å². The van der Waals surface area contributed by atoms with E-state index in [4.69, 9.17) is 9.15 Å². The highest BCUT2D eigenvalue weighted by Crippen LogP contribution is 2.21. The lowest BCUT2D eigenvalue weighted by atomic mass is 9.99. The Bertz CT molecular complexity index is 1070. The van der Waals surface area contributed by atoms with E-state index in [0.717, 1.165) is 24.2 Å². The third kappa shape index (κ3) is 6.51. The summed E-state index contributed by atoms with van der Waals surface area (Å²) < 4.78 is 10.8. The van der Waals surface area contributed by atoms with Gasteiger partial charge in [-0.05, 0) is 56.0 Å². The van der Waals surface area contributed by atoms with Gasteiger partial charge in [0.25, 0.3) is 5.91 Å². The largest absolute Gasteiger partial charge is 0.468 e. The molecule has 1 fully saturated rings. The van der Waals surface area contributed by atoms with Crippen LogP contribution in [0.4, 0.5) is 4.79 Å². The zero-order valence-electron chi connectivity index (χ0n) is 20.1. The number of nitrogens with zero attached hydrogens (tertiary/aromatic N) is 1. The third-order valence-corrected chi connectivity index (χ3v) is 6.02. The number of ether oxygens (including phenoxy) is 1. The van der Waals surface area contributed by atoms with Gasteiger partial charge in [0.15, 0.2) is 0 Å². The maximum absolute atomic E-state index is 12.8. The van der Waals surface area contributed by atoms with E-state index in [9.17, 15) is 14.4 Å². The Morgan fingerprint density at radius 3 is 2.51 bits per heavy atom. The lowest BCUT2D eigenvalue weighted by Crippen LogP contribution is -2.52. The van der Waals surface area contributed by atoms with Crippen molar-refractivity contribution in [1.82, 2.24) is 20.9 Å². The third-order valence-electron chi connectivity index (χ3n) is 6.02. The van der Waals surface area contributed by atoms with Crippen LogP contribution >= 0.6 is 0 Å². The second-order valence-electron chi connectivity index (χ2n) is 8.84. The molecule has 9 nitrogen and oxygen atoms in total. The molecule has 1 aromatic heterocycles. The summed E-state index contributed by atoms with van der Waals surface area (Å²) in [5, 5.41) is 8.62. The highest BCUT2D eigenvalue weighted by molar-refractivity contribution is 5.95. The number of hydrogen-bond acceptors (Lipinski definition) is 6. The number of benzene rings is 1. The van der Waals surface area contributed by atoms with Crippen molar-refractivity contribution in [3.05, 3.63) is 70.8 Å². The van der Waals surface area contributed by atoms with E-state index >= 15 is 0 Å². The number of amides is 3. The molecule has 1 aliphatic heterocycles. The Hall–Kier alpha value is -3.59. The topological polar surface area (TPSA) is 113 Å². The molecule has 4 rings (SSSR count). The number of carbonyl (C=O) groups is 3. The molecule has 1 saturated carbocycles. The minimum absolute atomic E-state index is 0.0567. The van der Waals surface area contributed by atoms with E-state index in [-0.39, 0.29) is 18.5 Å². The van der Waals surface area contributed by atoms with Gasteiger partial charge in [-0.15, -0.1) is 0 Å². The SMILES string of the molecule is CCOC(=O)C1=C(CN(Cc2ccc(C(=O)NC3CC3)cc2)Cc2ccco2)NC(=O)NC1CC. The molecule has 2 aliphatic rings. The van der Waals surface area contributed by atoms with E-state index in [2.05, 4.69) is 20.9 Å². The fraction of sp³-hybridized carbons (Fsp3) is 0.423. The van der Waals surface area contributed by atoms with Crippen molar-refractivity contribution in [2.45, 2.75) is 58.3 Å². The molecule has 3 N–H and O–H groups in total. The quantitative estimate of drug-likeness (QED) is 0.426. The molecule has 1 atom stereocenters. The average molecular weight is 481 g/mol. The molecule has 1 unspecified atom stereocenters. The molecule has 0 saturated heterocycles. The molecule has 2 heterocycles. The van der Waals surface area contributed by atoms with E-state index < -0.39 is 12.0 Å². The second-order valence-corrected chi connectivity index (χ2v) is 8.84. The van der Waals surface area contributed by atoms with Crippen LogP contribution in [0, 0.1) is 0 Å². The number of carbonyl (C=O) groups excluding carboxylic acids is 3. The Morgan fingerprint density at radius 1 is 1.11 bits per heavy atom. The predicted molar refractivity (Wildman–Crippen MR) is 129 cm³/mol. The fourth-order valence-electron chi connectivity index (χ4n) is 4.12. The number of nitrogens with one attached hydrogen (secondary N) is 3. The van der Waals surface area contributed by atoms with Crippen LogP contribution in [0.25, 0.3) is 0 Å². The van der Waals surface area contributed by atoms with Gasteiger partial charge in [-0.3, -0.25) is 9.69 Å². The van der Waals surface area contributed by atoms with E-state index in [1.807, 2.05) is 43.3 Å². The zero-order chi connectivity index (χ0) is 24.8. The fourth-order valence-corrected chi connectivity index (χ4v) is 4.12. The Labute approximate surface area is 204 Å². The minimum Gasteiger partial charge on any atom is -0.468 e. The molecule has 1 aliphatic carbocycles. The van der Waals surface area contributed by atoms with Crippen LogP contribution in [-0.2, 0) is 22.6 Å². The molecule has 0 spiro atoms. The molecule has 1 aromatic carbocycles. The van der Waals surface area contributed by atoms with Crippen molar-refractivity contribution in [2.75, 3.05) is 13.2 Å². The van der Waals surface area contributed by atoms with Crippen LogP contribution < -0.4 is 16.0 Å². The first-order valence-electron chi connectivity index (χ1n) is 12.1. The van der Waals surface area contributed by atoms with Crippen molar-refractivity contribution >= 4 is 17.9 Å². The lowest BCUT2D eigenvalue weighted by Gasteiger charge is -2.31. The summed E-state index contributed by atoms with van der Waals surface area (Å²) in [6.07, 6.45) is 4.26. The molecule has 35 heavy (non-hydrogen) atoms. The van der Waals surface area contributed by atoms with Crippen molar-refractivity contribution in [3.63, 3.8) is 0 Å². The van der Waals surface area contributed by atoms with Gasteiger partial charge in [-0.1, -0.05) is 19.1 Å². The van der Waals surface area contributed by atoms with Crippen molar-refractivity contribution in [1.29, 1.82) is 0 Å². The van der Waals surface area contributed by atoms with Crippen LogP contribution in [0.2, 0.25) is 0 Å². The summed E-state index contributed by atoms with van der Waals surface area (Å²) in [4.78, 5) is 39.5. The van der Waals surface area contributed by atoms with Crippen molar-refractivity contribution in [3.8, 4) is 0 Å². The average Bonchev–Trinajstić information content (AvgIpc) is 3.50. The highest BCUT2D eigenvalue weighted by atomic mass is 16.5. The molecule has 3 amide bonds. The highest BCUT2D eigenvalue weighted by Gasteiger charge is 2.32. The van der Waals surface area contributed by atoms with Gasteiger partial charge >= 0.3 is 12.0 Å². The van der Waals surface area contributed by atoms with Crippen molar-refractivity contribution < 1.29 is 23.5 Å². The monoisotopic (exact) mass is 480 g/mol. The van der Waals surface area contributed by atoms with Gasteiger partial charge in [0.2, 0.25) is 0 Å². The first kappa shape index (κ1) is 24.5. The number of hydrogen-bond donors (Lipinski definition) is 3. The van der Waals surface area contributed by atoms with Gasteiger partial charge in [-0.25, -0.2) is 9.59 Å². The Balaban J connectivity index is 1.56. The van der Waals surface area contributed by atoms with Crippen LogP contribution in [0.5, 0.6) is 0 Å². The zero-order valence-corrected chi connectivity index (χ0v) is 20.1. The Kier molecular flexibility index (Phi) is 7.87. The minimum atomic E-state index is -0.439. The predicted octanol–water partition coefficient (Wildman–Crippen LogP) is 3.08. The number of urea groups is 1. The summed E-state index contributed by atoms with van der Waals surface area (Å²) in [6, 6.07) is 10.7. The molecule has 0 radical (unpaired) electrons. The van der Waals surface area contributed by atoms with Gasteiger partial charge in [0, 0.05) is 30.4 Å². The molecular formula is C26H32N4O5. The normalized spacial score (nSPS) is 17.7. The summed E-state index contributed by atoms with van der Waals surface area (Å²) in [5.41, 5.74) is 2.57. The van der Waals surface area contributed by atoms with E-state index in [0.29, 0.717) is 48.9 Å². The number of rotatable bonds is 11. The summed E-state index contributed by atoms with van der Waals surface area (Å²) in [6.45, 7) is 5.21. The van der Waals surface area contributed by atoms with Crippen LogP contribution in [0.3, 0.4) is 0 Å².